The van der Waals surface area contributed by atoms with Crippen molar-refractivity contribution in [2.45, 2.75) is 182 Å². The van der Waals surface area contributed by atoms with Crippen LogP contribution in [0.15, 0.2) is 0 Å². The molecule has 0 N–H and O–H groups in total. The Balaban J connectivity index is -0.00000117. The zero-order valence-electron chi connectivity index (χ0n) is 27.8. The Bertz CT molecular complexity index is 581. The molecule has 0 saturated heterocycles. The van der Waals surface area contributed by atoms with Crippen molar-refractivity contribution in [3.63, 3.8) is 0 Å². The first-order chi connectivity index (χ1) is 19.8. The van der Waals surface area contributed by atoms with Crippen LogP contribution in [-0.4, -0.2) is 31.2 Å². The van der Waals surface area contributed by atoms with Crippen LogP contribution in [0.3, 0.4) is 0 Å². The van der Waals surface area contributed by atoms with Gasteiger partial charge in [0.15, 0.2) is 0 Å². The van der Waals surface area contributed by atoms with Gasteiger partial charge in [-0.25, -0.2) is 0 Å². The fourth-order valence-corrected chi connectivity index (χ4v) is 4.06. The third-order valence-electron chi connectivity index (χ3n) is 6.62. The summed E-state index contributed by atoms with van der Waals surface area (Å²) in [6.45, 7) is 8.54. The minimum Gasteiger partial charge on any atom is -0.550 e. The maximum absolute atomic E-state index is 12.1. The summed E-state index contributed by atoms with van der Waals surface area (Å²) in [6.07, 6.45) is 21.3. The second-order valence-electron chi connectivity index (χ2n) is 10.8. The molecule has 0 amide bonds. The second kappa shape index (κ2) is 36.1. The number of carboxylic acids is 1. The first-order valence-electron chi connectivity index (χ1n) is 16.6. The molecule has 240 valence electrons. The molecule has 0 aromatic carbocycles. The molecule has 0 bridgehead atoms. The summed E-state index contributed by atoms with van der Waals surface area (Å²) >= 11 is 0. The van der Waals surface area contributed by atoms with Crippen molar-refractivity contribution in [1.29, 1.82) is 0 Å². The summed E-state index contributed by atoms with van der Waals surface area (Å²) in [5.74, 6) is -2.44. The molecule has 0 fully saturated rings. The van der Waals surface area contributed by atoms with Crippen molar-refractivity contribution in [3.8, 4) is 0 Å². The second-order valence-corrected chi connectivity index (χ2v) is 10.8. The molecule has 0 aromatic rings. The van der Waals surface area contributed by atoms with E-state index < -0.39 is 31.2 Å². The third-order valence-corrected chi connectivity index (χ3v) is 6.62. The molecule has 0 aliphatic carbocycles. The molecule has 0 radical (unpaired) electrons. The third kappa shape index (κ3) is 37.0. The molecule has 0 saturated carbocycles. The molecule has 0 aromatic heterocycles. The van der Waals surface area contributed by atoms with E-state index in [1.165, 1.54) is 12.8 Å². The largest absolute Gasteiger partial charge is 1.00 e. The van der Waals surface area contributed by atoms with Crippen molar-refractivity contribution in [2.24, 2.45) is 0 Å². The standard InChI is InChI=1S/C24H45BO6.C8H16O2.Na/c1-4-7-10-13-16-19-22(26)29-25(30-23(27)20-17-14-11-8-5-2)31-24(28)21-18-15-12-9-6-3;1-2-3-4-5-6-7-8(9)10;/h4-21H2,1-3H3;2-7H2,1H3,(H,9,10);/q;;+1/p-1. The van der Waals surface area contributed by atoms with Gasteiger partial charge in [0.1, 0.15) is 0 Å². The Morgan fingerprint density at radius 3 is 0.905 bits per heavy atom. The van der Waals surface area contributed by atoms with Crippen LogP contribution in [0, 0.1) is 0 Å². The number of carbonyl (C=O) groups excluding carboxylic acids is 4. The predicted molar refractivity (Wildman–Crippen MR) is 163 cm³/mol. The molecule has 10 heteroatoms. The van der Waals surface area contributed by atoms with Gasteiger partial charge in [-0.1, -0.05) is 130 Å². The Kier molecular flexibility index (Phi) is 39.0. The summed E-state index contributed by atoms with van der Waals surface area (Å²) in [7, 11) is -1.57. The van der Waals surface area contributed by atoms with Crippen molar-refractivity contribution in [2.75, 3.05) is 0 Å². The van der Waals surface area contributed by atoms with Gasteiger partial charge in [-0.3, -0.25) is 14.4 Å². The quantitative estimate of drug-likeness (QED) is 0.0968. The minimum absolute atomic E-state index is 0. The van der Waals surface area contributed by atoms with E-state index in [-0.39, 0.29) is 55.2 Å². The Morgan fingerprint density at radius 1 is 0.429 bits per heavy atom. The minimum atomic E-state index is -1.57. The molecule has 0 atom stereocenters. The van der Waals surface area contributed by atoms with Crippen LogP contribution in [-0.2, 0) is 33.1 Å². The molecule has 0 unspecified atom stereocenters. The van der Waals surface area contributed by atoms with Gasteiger partial charge in [0.05, 0.1) is 0 Å². The summed E-state index contributed by atoms with van der Waals surface area (Å²) in [5.41, 5.74) is 0. The van der Waals surface area contributed by atoms with Crippen LogP contribution < -0.4 is 34.7 Å². The Hall–Kier alpha value is -1.06. The number of carboxylic acid groups (broad SMARTS) is 1. The van der Waals surface area contributed by atoms with Gasteiger partial charge in [-0.2, -0.15) is 0 Å². The van der Waals surface area contributed by atoms with Crippen LogP contribution in [0.2, 0.25) is 0 Å². The molecule has 0 aliphatic rings. The van der Waals surface area contributed by atoms with E-state index in [1.807, 2.05) is 0 Å². The topological polar surface area (TPSA) is 119 Å². The Morgan fingerprint density at radius 2 is 0.667 bits per heavy atom. The van der Waals surface area contributed by atoms with Gasteiger partial charge in [-0.15, -0.1) is 0 Å². The van der Waals surface area contributed by atoms with E-state index in [2.05, 4.69) is 27.7 Å². The van der Waals surface area contributed by atoms with Crippen LogP contribution in [0.4, 0.5) is 0 Å². The molecule has 0 heterocycles. The normalized spacial score (nSPS) is 10.1. The van der Waals surface area contributed by atoms with Crippen LogP contribution >= 0.6 is 0 Å². The molecule has 42 heavy (non-hydrogen) atoms. The number of rotatable bonds is 27. The van der Waals surface area contributed by atoms with Gasteiger partial charge < -0.3 is 23.9 Å². The van der Waals surface area contributed by atoms with E-state index in [0.717, 1.165) is 96.3 Å². The zero-order valence-corrected chi connectivity index (χ0v) is 29.8. The van der Waals surface area contributed by atoms with Gasteiger partial charge in [-0.05, 0) is 32.1 Å². The molecule has 0 aliphatic heterocycles. The number of hydrogen-bond acceptors (Lipinski definition) is 8. The SMILES string of the molecule is CCCCCCCC(=O)OB(OC(=O)CCCCCCC)OC(=O)CCCCCCC.CCCCCCCC(=O)[O-].[Na+]. The first kappa shape index (κ1) is 45.4. The van der Waals surface area contributed by atoms with Crippen molar-refractivity contribution >= 4 is 31.2 Å². The van der Waals surface area contributed by atoms with E-state index >= 15 is 0 Å². The van der Waals surface area contributed by atoms with Crippen LogP contribution in [0.5, 0.6) is 0 Å². The van der Waals surface area contributed by atoms with Gasteiger partial charge >= 0.3 is 36.9 Å². The smallest absolute Gasteiger partial charge is 0.550 e. The first-order valence-corrected chi connectivity index (χ1v) is 16.6. The van der Waals surface area contributed by atoms with E-state index in [4.69, 9.17) is 14.0 Å². The molecular weight excluding hydrogens is 546 g/mol. The molecule has 0 rings (SSSR count). The average molecular weight is 607 g/mol. The monoisotopic (exact) mass is 606 g/mol. The number of unbranched alkanes of at least 4 members (excludes halogenated alkanes) is 16. The summed E-state index contributed by atoms with van der Waals surface area (Å²) in [4.78, 5) is 46.2. The molecule has 0 spiro atoms. The van der Waals surface area contributed by atoms with E-state index in [0.29, 0.717) is 19.3 Å². The van der Waals surface area contributed by atoms with Crippen molar-refractivity contribution < 1.29 is 67.8 Å². The summed E-state index contributed by atoms with van der Waals surface area (Å²) in [6, 6.07) is 0. The maximum atomic E-state index is 12.1. The summed E-state index contributed by atoms with van der Waals surface area (Å²) < 4.78 is 15.5. The number of carbonyl (C=O) groups is 4. The van der Waals surface area contributed by atoms with Gasteiger partial charge in [0.2, 0.25) is 0 Å². The average Bonchev–Trinajstić information content (AvgIpc) is 2.92. The maximum Gasteiger partial charge on any atom is 1.00 e. The van der Waals surface area contributed by atoms with Crippen molar-refractivity contribution in [3.05, 3.63) is 0 Å². The fraction of sp³-hybridized carbons (Fsp3) is 0.875. The van der Waals surface area contributed by atoms with Crippen LogP contribution in [0.1, 0.15) is 182 Å². The van der Waals surface area contributed by atoms with Crippen molar-refractivity contribution in [1.82, 2.24) is 0 Å². The van der Waals surface area contributed by atoms with E-state index in [9.17, 15) is 24.3 Å². The Labute approximate surface area is 279 Å². The molecular formula is C32H60BNaO8. The van der Waals surface area contributed by atoms with E-state index in [1.54, 1.807) is 0 Å². The molecule has 8 nitrogen and oxygen atoms in total. The van der Waals surface area contributed by atoms with Crippen LogP contribution in [0.25, 0.3) is 0 Å². The van der Waals surface area contributed by atoms with Gasteiger partial charge in [0.25, 0.3) is 17.9 Å². The zero-order chi connectivity index (χ0) is 31.0. The number of hydrogen-bond donors (Lipinski definition) is 0. The fourth-order valence-electron chi connectivity index (χ4n) is 4.06. The van der Waals surface area contributed by atoms with Gasteiger partial charge in [0, 0.05) is 25.2 Å². The predicted octanol–water partition coefficient (Wildman–Crippen LogP) is 4.78. The summed E-state index contributed by atoms with van der Waals surface area (Å²) in [5, 5.41) is 9.92. The number of aliphatic carboxylic acids is 1.